The van der Waals surface area contributed by atoms with E-state index in [-0.39, 0.29) is 12.4 Å². The van der Waals surface area contributed by atoms with E-state index >= 15 is 0 Å². The van der Waals surface area contributed by atoms with Crippen molar-refractivity contribution in [2.24, 2.45) is 5.73 Å². The van der Waals surface area contributed by atoms with Gasteiger partial charge in [0.1, 0.15) is 5.75 Å². The smallest absolute Gasteiger partial charge is 0.249 e. The summed E-state index contributed by atoms with van der Waals surface area (Å²) in [5, 5.41) is 8.42. The molecule has 2 rings (SSSR count). The number of methoxy groups -OCH3 is 1. The largest absolute Gasteiger partial charge is 0.495 e. The van der Waals surface area contributed by atoms with Crippen LogP contribution in [0, 0.1) is 0 Å². The van der Waals surface area contributed by atoms with Crippen LogP contribution >= 0.6 is 23.2 Å². The van der Waals surface area contributed by atoms with Crippen molar-refractivity contribution in [1.29, 1.82) is 0 Å². The summed E-state index contributed by atoms with van der Waals surface area (Å²) in [6.07, 6.45) is 0. The van der Waals surface area contributed by atoms with Gasteiger partial charge >= 0.3 is 0 Å². The Labute approximate surface area is 107 Å². The third kappa shape index (κ3) is 2.36. The molecule has 2 aromatic rings. The van der Waals surface area contributed by atoms with E-state index in [1.165, 1.54) is 7.11 Å². The maximum Gasteiger partial charge on any atom is 0.249 e. The summed E-state index contributed by atoms with van der Waals surface area (Å²) in [4.78, 5) is 0. The van der Waals surface area contributed by atoms with Gasteiger partial charge in [0.15, 0.2) is 0 Å². The third-order valence-corrected chi connectivity index (χ3v) is 2.72. The zero-order chi connectivity index (χ0) is 12.4. The van der Waals surface area contributed by atoms with Crippen molar-refractivity contribution in [2.45, 2.75) is 6.54 Å². The van der Waals surface area contributed by atoms with Gasteiger partial charge in [-0.2, -0.15) is 0 Å². The molecule has 0 amide bonds. The van der Waals surface area contributed by atoms with E-state index in [1.54, 1.807) is 12.1 Å². The fourth-order valence-corrected chi connectivity index (χ4v) is 1.77. The Bertz CT molecular complexity index is 542. The Balaban J connectivity index is 2.48. The fraction of sp³-hybridized carbons (Fsp3) is 0.200. The van der Waals surface area contributed by atoms with E-state index < -0.39 is 0 Å². The molecule has 0 aliphatic carbocycles. The highest BCUT2D eigenvalue weighted by atomic mass is 35.5. The van der Waals surface area contributed by atoms with Crippen molar-refractivity contribution < 1.29 is 9.15 Å². The number of ether oxygens (including phenoxy) is 1. The lowest BCUT2D eigenvalue weighted by atomic mass is 10.2. The van der Waals surface area contributed by atoms with Gasteiger partial charge in [0.05, 0.1) is 29.3 Å². The predicted molar refractivity (Wildman–Crippen MR) is 64.2 cm³/mol. The van der Waals surface area contributed by atoms with Crippen molar-refractivity contribution in [2.75, 3.05) is 7.11 Å². The summed E-state index contributed by atoms with van der Waals surface area (Å²) in [5.41, 5.74) is 5.93. The van der Waals surface area contributed by atoms with Gasteiger partial charge in [0.25, 0.3) is 0 Å². The minimum absolute atomic E-state index is 0.175. The molecule has 0 spiro atoms. The number of aromatic nitrogens is 2. The second-order valence-electron chi connectivity index (χ2n) is 3.17. The molecule has 0 aliphatic heterocycles. The minimum Gasteiger partial charge on any atom is -0.495 e. The molecule has 1 aromatic carbocycles. The zero-order valence-corrected chi connectivity index (χ0v) is 10.4. The van der Waals surface area contributed by atoms with E-state index in [0.717, 1.165) is 0 Å². The molecule has 7 heteroatoms. The maximum absolute atomic E-state index is 6.07. The monoisotopic (exact) mass is 273 g/mol. The number of nitrogens with zero attached hydrogens (tertiary/aromatic N) is 2. The minimum atomic E-state index is 0.175. The molecule has 0 radical (unpaired) electrons. The molecule has 0 atom stereocenters. The summed E-state index contributed by atoms with van der Waals surface area (Å²) in [7, 11) is 1.51. The van der Waals surface area contributed by atoms with Crippen LogP contribution in [0.2, 0.25) is 10.0 Å². The van der Waals surface area contributed by atoms with Gasteiger partial charge in [0.2, 0.25) is 11.8 Å². The average molecular weight is 274 g/mol. The lowest BCUT2D eigenvalue weighted by molar-refractivity contribution is 0.415. The lowest BCUT2D eigenvalue weighted by Gasteiger charge is -2.05. The second kappa shape index (κ2) is 4.91. The zero-order valence-electron chi connectivity index (χ0n) is 8.91. The molecule has 90 valence electrons. The van der Waals surface area contributed by atoms with Gasteiger partial charge in [-0.05, 0) is 6.07 Å². The van der Waals surface area contributed by atoms with Crippen molar-refractivity contribution in [3.05, 3.63) is 28.1 Å². The Morgan fingerprint density at radius 1 is 1.29 bits per heavy atom. The first-order valence-corrected chi connectivity index (χ1v) is 5.47. The number of nitrogens with two attached hydrogens (primary N) is 1. The van der Waals surface area contributed by atoms with Gasteiger partial charge in [-0.15, -0.1) is 10.2 Å². The van der Waals surface area contributed by atoms with Crippen molar-refractivity contribution in [3.63, 3.8) is 0 Å². The highest BCUT2D eigenvalue weighted by Gasteiger charge is 2.14. The Kier molecular flexibility index (Phi) is 3.51. The molecule has 0 saturated heterocycles. The molecular weight excluding hydrogens is 265 g/mol. The van der Waals surface area contributed by atoms with Crippen LogP contribution in [0.1, 0.15) is 5.89 Å². The number of hydrogen-bond acceptors (Lipinski definition) is 5. The van der Waals surface area contributed by atoms with Gasteiger partial charge in [-0.1, -0.05) is 23.2 Å². The van der Waals surface area contributed by atoms with Crippen LogP contribution in [0.25, 0.3) is 11.5 Å². The Morgan fingerprint density at radius 2 is 2.06 bits per heavy atom. The van der Waals surface area contributed by atoms with Crippen molar-refractivity contribution in [1.82, 2.24) is 10.2 Å². The molecule has 0 fully saturated rings. The number of benzene rings is 1. The average Bonchev–Trinajstić information content (AvgIpc) is 2.80. The standard InChI is InChI=1S/C10H9Cl2N3O2/c1-16-8-3-6(11)5(2-7(8)12)10-15-14-9(4-13)17-10/h2-3H,4,13H2,1H3. The van der Waals surface area contributed by atoms with Crippen LogP contribution in [0.4, 0.5) is 0 Å². The van der Waals surface area contributed by atoms with Gasteiger partial charge in [0, 0.05) is 6.07 Å². The van der Waals surface area contributed by atoms with Crippen LogP contribution in [0.5, 0.6) is 5.75 Å². The van der Waals surface area contributed by atoms with Crippen LogP contribution in [-0.2, 0) is 6.54 Å². The van der Waals surface area contributed by atoms with E-state index in [9.17, 15) is 0 Å². The molecule has 1 aromatic heterocycles. The molecule has 0 unspecified atom stereocenters. The number of halogens is 2. The Morgan fingerprint density at radius 3 is 2.65 bits per heavy atom. The van der Waals surface area contributed by atoms with E-state index in [1.807, 2.05) is 0 Å². The summed E-state index contributed by atoms with van der Waals surface area (Å²) in [5.74, 6) is 1.10. The van der Waals surface area contributed by atoms with E-state index in [2.05, 4.69) is 10.2 Å². The molecule has 0 bridgehead atoms. The first-order valence-electron chi connectivity index (χ1n) is 4.71. The molecule has 5 nitrogen and oxygen atoms in total. The van der Waals surface area contributed by atoms with E-state index in [4.69, 9.17) is 38.1 Å². The third-order valence-electron chi connectivity index (χ3n) is 2.11. The topological polar surface area (TPSA) is 74.2 Å². The molecule has 17 heavy (non-hydrogen) atoms. The molecule has 1 heterocycles. The molecule has 0 saturated carbocycles. The van der Waals surface area contributed by atoms with Crippen molar-refractivity contribution >= 4 is 23.2 Å². The van der Waals surface area contributed by atoms with Crippen molar-refractivity contribution in [3.8, 4) is 17.2 Å². The quantitative estimate of drug-likeness (QED) is 0.930. The number of rotatable bonds is 3. The van der Waals surface area contributed by atoms with Crippen LogP contribution in [0.3, 0.4) is 0 Å². The van der Waals surface area contributed by atoms with Gasteiger partial charge < -0.3 is 14.9 Å². The Hall–Kier alpha value is -1.30. The van der Waals surface area contributed by atoms with Gasteiger partial charge in [-0.3, -0.25) is 0 Å². The fourth-order valence-electron chi connectivity index (χ4n) is 1.29. The second-order valence-corrected chi connectivity index (χ2v) is 3.99. The van der Waals surface area contributed by atoms with E-state index in [0.29, 0.717) is 27.2 Å². The summed E-state index contributed by atoms with van der Waals surface area (Å²) >= 11 is 12.1. The summed E-state index contributed by atoms with van der Waals surface area (Å²) < 4.78 is 10.3. The first kappa shape index (κ1) is 12.2. The summed E-state index contributed by atoms with van der Waals surface area (Å²) in [6.45, 7) is 0.175. The SMILES string of the molecule is COc1cc(Cl)c(-c2nnc(CN)o2)cc1Cl. The van der Waals surface area contributed by atoms with Crippen LogP contribution in [-0.4, -0.2) is 17.3 Å². The van der Waals surface area contributed by atoms with Gasteiger partial charge in [-0.25, -0.2) is 0 Å². The lowest BCUT2D eigenvalue weighted by Crippen LogP contribution is -1.95. The molecule has 2 N–H and O–H groups in total. The molecular formula is C10H9Cl2N3O2. The summed E-state index contributed by atoms with van der Waals surface area (Å²) in [6, 6.07) is 3.20. The highest BCUT2D eigenvalue weighted by molar-refractivity contribution is 6.36. The first-order chi connectivity index (χ1) is 8.15. The highest BCUT2D eigenvalue weighted by Crippen LogP contribution is 2.35. The normalized spacial score (nSPS) is 10.6. The maximum atomic E-state index is 6.07. The molecule has 0 aliphatic rings. The number of hydrogen-bond donors (Lipinski definition) is 1. The van der Waals surface area contributed by atoms with Crippen LogP contribution in [0.15, 0.2) is 16.5 Å². The van der Waals surface area contributed by atoms with Crippen LogP contribution < -0.4 is 10.5 Å². The predicted octanol–water partition coefficient (Wildman–Crippen LogP) is 2.51.